The largest absolute Gasteiger partial charge is 0.462 e. The second kappa shape index (κ2) is 37.4. The molecule has 5 heteroatoms. The van der Waals surface area contributed by atoms with Crippen LogP contribution in [0.1, 0.15) is 226 Å². The van der Waals surface area contributed by atoms with Gasteiger partial charge < -0.3 is 14.6 Å². The van der Waals surface area contributed by atoms with Crippen LogP contribution >= 0.6 is 0 Å². The van der Waals surface area contributed by atoms with Crippen LogP contribution in [0.3, 0.4) is 0 Å². The van der Waals surface area contributed by atoms with Crippen molar-refractivity contribution in [2.75, 3.05) is 13.2 Å². The molecule has 0 aliphatic carbocycles. The van der Waals surface area contributed by atoms with Crippen LogP contribution in [-0.4, -0.2) is 36.4 Å². The first-order chi connectivity index (χ1) is 22.1. The number of hydrogen-bond donors (Lipinski definition) is 1. The molecule has 0 saturated heterocycles. The Balaban J connectivity index is 3.43. The molecule has 5 nitrogen and oxygen atoms in total. The van der Waals surface area contributed by atoms with E-state index in [-0.39, 0.29) is 25.2 Å². The Hall–Kier alpha value is -1.10. The average molecular weight is 639 g/mol. The minimum Gasteiger partial charge on any atom is -0.462 e. The van der Waals surface area contributed by atoms with E-state index in [0.717, 1.165) is 38.5 Å². The Labute approximate surface area is 280 Å². The van der Waals surface area contributed by atoms with E-state index in [4.69, 9.17) is 9.47 Å². The summed E-state index contributed by atoms with van der Waals surface area (Å²) in [6.07, 6.45) is 40.4. The number of aliphatic hydroxyl groups excluding tert-OH is 1. The number of carbonyl (C=O) groups excluding carboxylic acids is 2. The maximum atomic E-state index is 12.1. The van der Waals surface area contributed by atoms with Crippen molar-refractivity contribution in [2.24, 2.45) is 0 Å². The maximum absolute atomic E-state index is 12.1. The molecule has 0 fully saturated rings. The highest BCUT2D eigenvalue weighted by atomic mass is 16.6. The van der Waals surface area contributed by atoms with Crippen molar-refractivity contribution in [3.63, 3.8) is 0 Å². The SMILES string of the molecule is CCCCCCCCCCCCCCCCCCCCCCCCC(=O)O[C@@H](CO)COC(=O)CCCCCCCCCCC. The molecule has 0 aliphatic heterocycles. The Morgan fingerprint density at radius 3 is 0.978 bits per heavy atom. The number of hydrogen-bond acceptors (Lipinski definition) is 5. The minimum absolute atomic E-state index is 0.0577. The Bertz CT molecular complexity index is 607. The molecule has 0 spiro atoms. The fourth-order valence-corrected chi connectivity index (χ4v) is 6.08. The zero-order valence-electron chi connectivity index (χ0n) is 30.4. The lowest BCUT2D eigenvalue weighted by Gasteiger charge is -2.15. The molecule has 0 rings (SSSR count). The minimum atomic E-state index is -0.760. The lowest BCUT2D eigenvalue weighted by molar-refractivity contribution is -0.161. The average Bonchev–Trinajstić information content (AvgIpc) is 3.04. The zero-order chi connectivity index (χ0) is 32.9. The van der Waals surface area contributed by atoms with Crippen molar-refractivity contribution < 1.29 is 24.2 Å². The van der Waals surface area contributed by atoms with Crippen molar-refractivity contribution >= 4 is 11.9 Å². The van der Waals surface area contributed by atoms with Gasteiger partial charge in [0.15, 0.2) is 6.10 Å². The van der Waals surface area contributed by atoms with Crippen molar-refractivity contribution in [1.29, 1.82) is 0 Å². The summed E-state index contributed by atoms with van der Waals surface area (Å²) in [7, 11) is 0. The number of ether oxygens (including phenoxy) is 2. The van der Waals surface area contributed by atoms with Crippen LogP contribution in [0.25, 0.3) is 0 Å². The fraction of sp³-hybridized carbons (Fsp3) is 0.950. The van der Waals surface area contributed by atoms with E-state index in [1.165, 1.54) is 161 Å². The highest BCUT2D eigenvalue weighted by Crippen LogP contribution is 2.16. The van der Waals surface area contributed by atoms with E-state index in [1.807, 2.05) is 0 Å². The molecule has 0 amide bonds. The molecular formula is C40H78O5. The smallest absolute Gasteiger partial charge is 0.306 e. The monoisotopic (exact) mass is 639 g/mol. The lowest BCUT2D eigenvalue weighted by atomic mass is 10.0. The van der Waals surface area contributed by atoms with E-state index in [2.05, 4.69) is 13.8 Å². The van der Waals surface area contributed by atoms with Gasteiger partial charge in [0.05, 0.1) is 6.61 Å². The van der Waals surface area contributed by atoms with Crippen LogP contribution in [0.5, 0.6) is 0 Å². The van der Waals surface area contributed by atoms with Gasteiger partial charge in [0.2, 0.25) is 0 Å². The topological polar surface area (TPSA) is 72.8 Å². The van der Waals surface area contributed by atoms with Crippen LogP contribution in [0.2, 0.25) is 0 Å². The van der Waals surface area contributed by atoms with Crippen molar-refractivity contribution in [3.05, 3.63) is 0 Å². The van der Waals surface area contributed by atoms with Crippen LogP contribution < -0.4 is 0 Å². The first kappa shape index (κ1) is 43.9. The third-order valence-electron chi connectivity index (χ3n) is 9.15. The van der Waals surface area contributed by atoms with Crippen LogP contribution in [0.15, 0.2) is 0 Å². The van der Waals surface area contributed by atoms with Gasteiger partial charge in [-0.2, -0.15) is 0 Å². The number of rotatable bonds is 37. The number of carbonyl (C=O) groups is 2. The fourth-order valence-electron chi connectivity index (χ4n) is 6.08. The van der Waals surface area contributed by atoms with E-state index in [0.29, 0.717) is 12.8 Å². The zero-order valence-corrected chi connectivity index (χ0v) is 30.4. The molecule has 1 atom stereocenters. The second-order valence-electron chi connectivity index (χ2n) is 13.7. The molecule has 0 saturated carbocycles. The first-order valence-electron chi connectivity index (χ1n) is 20.1. The van der Waals surface area contributed by atoms with Crippen molar-refractivity contribution in [1.82, 2.24) is 0 Å². The summed E-state index contributed by atoms with van der Waals surface area (Å²) in [5.41, 5.74) is 0. The normalized spacial score (nSPS) is 12.0. The highest BCUT2D eigenvalue weighted by Gasteiger charge is 2.16. The van der Waals surface area contributed by atoms with Gasteiger partial charge in [0.1, 0.15) is 6.61 Å². The molecule has 0 aromatic heterocycles. The molecule has 0 aromatic rings. The predicted octanol–water partition coefficient (Wildman–Crippen LogP) is 12.3. The molecule has 0 aromatic carbocycles. The van der Waals surface area contributed by atoms with Gasteiger partial charge in [-0.25, -0.2) is 0 Å². The summed E-state index contributed by atoms with van der Waals surface area (Å²) in [6.45, 7) is 4.14. The Morgan fingerprint density at radius 1 is 0.422 bits per heavy atom. The maximum Gasteiger partial charge on any atom is 0.306 e. The van der Waals surface area contributed by atoms with Gasteiger partial charge in [-0.3, -0.25) is 9.59 Å². The highest BCUT2D eigenvalue weighted by molar-refractivity contribution is 5.70. The lowest BCUT2D eigenvalue weighted by Crippen LogP contribution is -2.28. The molecule has 45 heavy (non-hydrogen) atoms. The van der Waals surface area contributed by atoms with Crippen LogP contribution in [0, 0.1) is 0 Å². The molecule has 0 aliphatic rings. The number of aliphatic hydroxyl groups is 1. The summed E-state index contributed by atoms with van der Waals surface area (Å²) >= 11 is 0. The number of esters is 2. The third-order valence-corrected chi connectivity index (χ3v) is 9.15. The summed E-state index contributed by atoms with van der Waals surface area (Å²) in [4.78, 5) is 24.1. The third kappa shape index (κ3) is 35.6. The molecular weight excluding hydrogens is 560 g/mol. The molecule has 0 unspecified atom stereocenters. The van der Waals surface area contributed by atoms with E-state index < -0.39 is 6.10 Å². The van der Waals surface area contributed by atoms with Crippen LogP contribution in [0.4, 0.5) is 0 Å². The molecule has 0 heterocycles. The summed E-state index contributed by atoms with van der Waals surface area (Å²) in [6, 6.07) is 0. The quantitative estimate of drug-likeness (QED) is 0.0541. The van der Waals surface area contributed by atoms with E-state index >= 15 is 0 Å². The van der Waals surface area contributed by atoms with Crippen molar-refractivity contribution in [2.45, 2.75) is 232 Å². The summed E-state index contributed by atoms with van der Waals surface area (Å²) in [5.74, 6) is -0.579. The van der Waals surface area contributed by atoms with Gasteiger partial charge in [-0.1, -0.05) is 200 Å². The Morgan fingerprint density at radius 2 is 0.689 bits per heavy atom. The molecule has 268 valence electrons. The van der Waals surface area contributed by atoms with Gasteiger partial charge in [0, 0.05) is 12.8 Å². The summed E-state index contributed by atoms with van der Waals surface area (Å²) in [5, 5.41) is 9.52. The van der Waals surface area contributed by atoms with Crippen molar-refractivity contribution in [3.8, 4) is 0 Å². The molecule has 0 bridgehead atoms. The molecule has 0 radical (unpaired) electrons. The first-order valence-corrected chi connectivity index (χ1v) is 20.1. The Kier molecular flexibility index (Phi) is 36.4. The van der Waals surface area contributed by atoms with Gasteiger partial charge in [-0.15, -0.1) is 0 Å². The van der Waals surface area contributed by atoms with E-state index in [1.54, 1.807) is 0 Å². The van der Waals surface area contributed by atoms with Gasteiger partial charge >= 0.3 is 11.9 Å². The summed E-state index contributed by atoms with van der Waals surface area (Å²) < 4.78 is 10.6. The molecule has 1 N–H and O–H groups in total. The number of unbranched alkanes of at least 4 members (excludes halogenated alkanes) is 29. The van der Waals surface area contributed by atoms with Gasteiger partial charge in [-0.05, 0) is 12.8 Å². The van der Waals surface area contributed by atoms with Gasteiger partial charge in [0.25, 0.3) is 0 Å². The second-order valence-corrected chi connectivity index (χ2v) is 13.7. The predicted molar refractivity (Wildman–Crippen MR) is 192 cm³/mol. The van der Waals surface area contributed by atoms with Crippen LogP contribution in [-0.2, 0) is 19.1 Å². The van der Waals surface area contributed by atoms with E-state index in [9.17, 15) is 14.7 Å². The standard InChI is InChI=1S/C40H78O5/c1-3-5-7-9-11-13-14-15-16-17-18-19-20-21-22-23-24-25-27-29-31-33-35-40(43)45-38(36-41)37-44-39(42)34-32-30-28-26-12-10-8-6-4-2/h38,41H,3-37H2,1-2H3/t38-/m0/s1.